The van der Waals surface area contributed by atoms with Gasteiger partial charge in [-0.1, -0.05) is 60.7 Å². The summed E-state index contributed by atoms with van der Waals surface area (Å²) in [6.07, 6.45) is -0.222. The molecule has 0 bridgehead atoms. The minimum atomic E-state index is -0.243. The number of hydrogen-bond donors (Lipinski definition) is 0. The molecule has 0 saturated heterocycles. The molecular formula is C16H17BO2. The monoisotopic (exact) mass is 252 g/mol. The molecule has 0 N–H and O–H groups in total. The highest BCUT2D eigenvalue weighted by atomic mass is 16.5. The van der Waals surface area contributed by atoms with Crippen LogP contribution in [-0.4, -0.2) is 13.8 Å². The molecule has 0 fully saturated rings. The van der Waals surface area contributed by atoms with Crippen molar-refractivity contribution in [1.29, 1.82) is 0 Å². The number of carbonyl (C=O) groups is 1. The Morgan fingerprint density at radius 2 is 1.42 bits per heavy atom. The zero-order valence-electron chi connectivity index (χ0n) is 11.2. The first-order valence-electron chi connectivity index (χ1n) is 6.49. The molecule has 1 unspecified atom stereocenters. The highest BCUT2D eigenvalue weighted by Crippen LogP contribution is 2.20. The lowest BCUT2D eigenvalue weighted by Gasteiger charge is -2.17. The van der Waals surface area contributed by atoms with Crippen LogP contribution in [0.5, 0.6) is 0 Å². The Morgan fingerprint density at radius 1 is 0.947 bits per heavy atom. The summed E-state index contributed by atoms with van der Waals surface area (Å²) in [6, 6.07) is 19.5. The molecule has 0 spiro atoms. The molecule has 0 aliphatic rings. The van der Waals surface area contributed by atoms with Gasteiger partial charge in [0.25, 0.3) is 0 Å². The predicted octanol–water partition coefficient (Wildman–Crippen LogP) is 2.67. The summed E-state index contributed by atoms with van der Waals surface area (Å²) in [5.74, 6) is -0.435. The van der Waals surface area contributed by atoms with E-state index in [4.69, 9.17) is 4.74 Å². The molecule has 96 valence electrons. The van der Waals surface area contributed by atoms with Crippen LogP contribution in [-0.2, 0) is 9.53 Å². The molecule has 3 heteroatoms. The van der Waals surface area contributed by atoms with E-state index in [1.54, 1.807) is 0 Å². The van der Waals surface area contributed by atoms with Gasteiger partial charge >= 0.3 is 5.97 Å². The summed E-state index contributed by atoms with van der Waals surface area (Å²) in [7, 11) is 1.87. The van der Waals surface area contributed by atoms with E-state index < -0.39 is 0 Å². The summed E-state index contributed by atoms with van der Waals surface area (Å²) < 4.78 is 5.51. The fourth-order valence-corrected chi connectivity index (χ4v) is 1.95. The van der Waals surface area contributed by atoms with Crippen LogP contribution in [0.25, 0.3) is 0 Å². The van der Waals surface area contributed by atoms with Crippen LogP contribution in [0.3, 0.4) is 0 Å². The summed E-state index contributed by atoms with van der Waals surface area (Å²) >= 11 is 0. The van der Waals surface area contributed by atoms with Crippen LogP contribution in [0.15, 0.2) is 60.7 Å². The SMILES string of the molecule is BC(C(=O)O[C@@H](C)c1ccccc1)c1ccccc1. The van der Waals surface area contributed by atoms with E-state index in [-0.39, 0.29) is 17.9 Å². The van der Waals surface area contributed by atoms with Gasteiger partial charge in [0.1, 0.15) is 14.0 Å². The topological polar surface area (TPSA) is 26.3 Å². The normalized spacial score (nSPS) is 13.5. The van der Waals surface area contributed by atoms with Crippen LogP contribution in [0.1, 0.15) is 30.0 Å². The highest BCUT2D eigenvalue weighted by molar-refractivity contribution is 6.23. The zero-order valence-corrected chi connectivity index (χ0v) is 11.2. The molecule has 0 aliphatic carbocycles. The Kier molecular flexibility index (Phi) is 4.40. The largest absolute Gasteiger partial charge is 0.458 e. The minimum absolute atomic E-state index is 0.192. The van der Waals surface area contributed by atoms with Crippen molar-refractivity contribution in [3.8, 4) is 0 Å². The molecule has 2 aromatic rings. The second-order valence-corrected chi connectivity index (χ2v) is 4.62. The minimum Gasteiger partial charge on any atom is -0.458 e. The lowest BCUT2D eigenvalue weighted by molar-refractivity contribution is -0.148. The van der Waals surface area contributed by atoms with Gasteiger partial charge in [-0.05, 0) is 18.1 Å². The van der Waals surface area contributed by atoms with Gasteiger partial charge in [0, 0.05) is 0 Å². The first-order chi connectivity index (χ1) is 9.18. The molecule has 0 amide bonds. The van der Waals surface area contributed by atoms with Crippen molar-refractivity contribution in [3.63, 3.8) is 0 Å². The van der Waals surface area contributed by atoms with Crippen LogP contribution in [0, 0.1) is 0 Å². The molecular weight excluding hydrogens is 235 g/mol. The molecule has 2 rings (SSSR count). The van der Waals surface area contributed by atoms with E-state index in [1.807, 2.05) is 75.4 Å². The Morgan fingerprint density at radius 3 is 1.95 bits per heavy atom. The lowest BCUT2D eigenvalue weighted by atomic mass is 9.81. The van der Waals surface area contributed by atoms with E-state index in [9.17, 15) is 4.79 Å². The maximum Gasteiger partial charge on any atom is 0.305 e. The number of ether oxygens (including phenoxy) is 1. The van der Waals surface area contributed by atoms with Gasteiger partial charge in [0.2, 0.25) is 0 Å². The average Bonchev–Trinajstić information content (AvgIpc) is 2.48. The molecule has 0 radical (unpaired) electrons. The Labute approximate surface area is 114 Å². The zero-order chi connectivity index (χ0) is 13.7. The van der Waals surface area contributed by atoms with E-state index >= 15 is 0 Å². The first-order valence-corrected chi connectivity index (χ1v) is 6.49. The Hall–Kier alpha value is -2.03. The Balaban J connectivity index is 2.02. The maximum absolute atomic E-state index is 12.1. The quantitative estimate of drug-likeness (QED) is 0.617. The van der Waals surface area contributed by atoms with Crippen molar-refractivity contribution in [2.45, 2.75) is 18.8 Å². The second-order valence-electron chi connectivity index (χ2n) is 4.62. The molecule has 2 nitrogen and oxygen atoms in total. The smallest absolute Gasteiger partial charge is 0.305 e. The van der Waals surface area contributed by atoms with Gasteiger partial charge in [0.05, 0.1) is 5.82 Å². The fraction of sp³-hybridized carbons (Fsp3) is 0.188. The molecule has 19 heavy (non-hydrogen) atoms. The highest BCUT2D eigenvalue weighted by Gasteiger charge is 2.19. The van der Waals surface area contributed by atoms with Gasteiger partial charge in [-0.3, -0.25) is 4.79 Å². The number of carbonyl (C=O) groups excluding carboxylic acids is 1. The van der Waals surface area contributed by atoms with Gasteiger partial charge in [-0.2, -0.15) is 0 Å². The standard InChI is InChI=1S/C16H17BO2/c1-12(13-8-4-2-5-9-13)19-16(18)15(17)14-10-6-3-7-11-14/h2-12,15H,17H2,1H3/t12-,15?/m0/s1. The van der Waals surface area contributed by atoms with Gasteiger partial charge < -0.3 is 4.74 Å². The van der Waals surface area contributed by atoms with E-state index in [0.717, 1.165) is 11.1 Å². The second kappa shape index (κ2) is 6.23. The maximum atomic E-state index is 12.1. The molecule has 0 heterocycles. The van der Waals surface area contributed by atoms with Crippen molar-refractivity contribution in [3.05, 3.63) is 71.8 Å². The average molecular weight is 252 g/mol. The van der Waals surface area contributed by atoms with Crippen molar-refractivity contribution in [2.75, 3.05) is 0 Å². The van der Waals surface area contributed by atoms with Crippen molar-refractivity contribution in [1.82, 2.24) is 0 Å². The number of rotatable bonds is 4. The predicted molar refractivity (Wildman–Crippen MR) is 78.7 cm³/mol. The summed E-state index contributed by atoms with van der Waals surface area (Å²) in [6.45, 7) is 1.89. The molecule has 2 atom stereocenters. The van der Waals surface area contributed by atoms with Crippen molar-refractivity contribution < 1.29 is 9.53 Å². The third kappa shape index (κ3) is 3.47. The summed E-state index contributed by atoms with van der Waals surface area (Å²) in [5, 5.41) is 0. The number of hydrogen-bond acceptors (Lipinski definition) is 2. The van der Waals surface area contributed by atoms with Crippen LogP contribution in [0.2, 0.25) is 0 Å². The van der Waals surface area contributed by atoms with E-state index in [2.05, 4.69) is 0 Å². The van der Waals surface area contributed by atoms with Crippen LogP contribution >= 0.6 is 0 Å². The van der Waals surface area contributed by atoms with Gasteiger partial charge in [-0.15, -0.1) is 0 Å². The van der Waals surface area contributed by atoms with E-state index in [1.165, 1.54) is 0 Å². The fourth-order valence-electron chi connectivity index (χ4n) is 1.95. The number of esters is 1. The third-order valence-corrected chi connectivity index (χ3v) is 3.22. The Bertz CT molecular complexity index is 525. The van der Waals surface area contributed by atoms with Crippen molar-refractivity contribution in [2.24, 2.45) is 0 Å². The molecule has 2 aromatic carbocycles. The molecule has 0 saturated carbocycles. The van der Waals surface area contributed by atoms with Gasteiger partial charge in [-0.25, -0.2) is 0 Å². The lowest BCUT2D eigenvalue weighted by Crippen LogP contribution is -2.18. The molecule has 0 aromatic heterocycles. The van der Waals surface area contributed by atoms with Crippen LogP contribution < -0.4 is 0 Å². The summed E-state index contributed by atoms with van der Waals surface area (Å²) in [4.78, 5) is 12.1. The van der Waals surface area contributed by atoms with E-state index in [0.29, 0.717) is 0 Å². The summed E-state index contributed by atoms with van der Waals surface area (Å²) in [5.41, 5.74) is 1.99. The molecule has 0 aliphatic heterocycles. The number of benzene rings is 2. The first kappa shape index (κ1) is 13.4. The van der Waals surface area contributed by atoms with Gasteiger partial charge in [0.15, 0.2) is 0 Å². The third-order valence-electron chi connectivity index (χ3n) is 3.22. The van der Waals surface area contributed by atoms with Crippen molar-refractivity contribution >= 4 is 13.8 Å². The van der Waals surface area contributed by atoms with Crippen LogP contribution in [0.4, 0.5) is 0 Å².